The number of nitrogens with zero attached hydrogens (tertiary/aromatic N) is 1. The van der Waals surface area contributed by atoms with Crippen molar-refractivity contribution in [3.8, 4) is 11.3 Å². The molecule has 0 saturated carbocycles. The molecule has 1 aromatic heterocycles. The van der Waals surface area contributed by atoms with Gasteiger partial charge in [-0.3, -0.25) is 5.10 Å². The molecule has 1 heterocycles. The summed E-state index contributed by atoms with van der Waals surface area (Å²) in [7, 11) is 0. The first-order chi connectivity index (χ1) is 8.92. The molecule has 0 amide bonds. The minimum atomic E-state index is 0.976. The van der Waals surface area contributed by atoms with Crippen LogP contribution in [-0.4, -0.2) is 10.2 Å². The van der Waals surface area contributed by atoms with E-state index in [1.807, 2.05) is 12.1 Å². The highest BCUT2D eigenvalue weighted by Gasteiger charge is 1.99. The molecule has 0 aliphatic carbocycles. The first-order valence-corrected chi connectivity index (χ1v) is 6.04. The van der Waals surface area contributed by atoms with Gasteiger partial charge in [0.1, 0.15) is 0 Å². The van der Waals surface area contributed by atoms with E-state index in [0.29, 0.717) is 0 Å². The standard InChI is InChI=1S/C16H14N2/c1-2-4-13(5-3-1)12-14-6-8-15(9-7-14)16-10-11-17-18-16/h1-11H,12H2,(H,17,18). The monoisotopic (exact) mass is 234 g/mol. The Morgan fingerprint density at radius 1 is 0.778 bits per heavy atom. The average Bonchev–Trinajstić information content (AvgIpc) is 2.95. The molecule has 0 radical (unpaired) electrons. The van der Waals surface area contributed by atoms with Crippen LogP contribution in [0.25, 0.3) is 11.3 Å². The van der Waals surface area contributed by atoms with Crippen molar-refractivity contribution in [1.82, 2.24) is 10.2 Å². The van der Waals surface area contributed by atoms with Crippen molar-refractivity contribution in [2.24, 2.45) is 0 Å². The number of hydrogen-bond acceptors (Lipinski definition) is 1. The number of benzene rings is 2. The normalized spacial score (nSPS) is 10.4. The summed E-state index contributed by atoms with van der Waals surface area (Å²) in [5, 5.41) is 6.94. The fourth-order valence-electron chi connectivity index (χ4n) is 2.05. The van der Waals surface area contributed by atoms with Gasteiger partial charge in [0.2, 0.25) is 0 Å². The third kappa shape index (κ3) is 2.33. The first-order valence-electron chi connectivity index (χ1n) is 6.04. The molecule has 1 N–H and O–H groups in total. The minimum absolute atomic E-state index is 0.976. The Morgan fingerprint density at radius 3 is 2.17 bits per heavy atom. The maximum atomic E-state index is 3.96. The Kier molecular flexibility index (Phi) is 2.92. The van der Waals surface area contributed by atoms with Gasteiger partial charge in [-0.2, -0.15) is 5.10 Å². The van der Waals surface area contributed by atoms with Gasteiger partial charge in [0.25, 0.3) is 0 Å². The molecule has 18 heavy (non-hydrogen) atoms. The van der Waals surface area contributed by atoms with Gasteiger partial charge in [-0.15, -0.1) is 0 Å². The van der Waals surface area contributed by atoms with Crippen LogP contribution in [-0.2, 0) is 6.42 Å². The van der Waals surface area contributed by atoms with Crippen LogP contribution in [0, 0.1) is 0 Å². The third-order valence-corrected chi connectivity index (χ3v) is 3.02. The highest BCUT2D eigenvalue weighted by Crippen LogP contribution is 2.18. The predicted molar refractivity (Wildman–Crippen MR) is 73.3 cm³/mol. The molecule has 2 heteroatoms. The summed E-state index contributed by atoms with van der Waals surface area (Å²) in [5.41, 5.74) is 4.89. The Bertz CT molecular complexity index is 595. The van der Waals surface area contributed by atoms with E-state index >= 15 is 0 Å². The topological polar surface area (TPSA) is 28.7 Å². The Morgan fingerprint density at radius 2 is 1.50 bits per heavy atom. The van der Waals surface area contributed by atoms with E-state index < -0.39 is 0 Å². The van der Waals surface area contributed by atoms with Crippen LogP contribution in [0.15, 0.2) is 66.9 Å². The largest absolute Gasteiger partial charge is 0.278 e. The van der Waals surface area contributed by atoms with Crippen LogP contribution in [0.2, 0.25) is 0 Å². The smallest absolute Gasteiger partial charge is 0.0650 e. The van der Waals surface area contributed by atoms with Crippen molar-refractivity contribution in [1.29, 1.82) is 0 Å². The molecule has 3 aromatic rings. The summed E-state index contributed by atoms with van der Waals surface area (Å²) in [6, 6.07) is 21.1. The molecule has 0 spiro atoms. The molecule has 0 unspecified atom stereocenters. The van der Waals surface area contributed by atoms with E-state index in [0.717, 1.165) is 12.1 Å². The molecule has 2 nitrogen and oxygen atoms in total. The van der Waals surface area contributed by atoms with Crippen LogP contribution in [0.4, 0.5) is 0 Å². The lowest BCUT2D eigenvalue weighted by molar-refractivity contribution is 1.09. The summed E-state index contributed by atoms with van der Waals surface area (Å²) in [6.45, 7) is 0. The molecule has 88 valence electrons. The van der Waals surface area contributed by atoms with Crippen molar-refractivity contribution >= 4 is 0 Å². The van der Waals surface area contributed by atoms with Gasteiger partial charge in [0.05, 0.1) is 5.69 Å². The number of aromatic nitrogens is 2. The van der Waals surface area contributed by atoms with E-state index in [4.69, 9.17) is 0 Å². The number of rotatable bonds is 3. The van der Waals surface area contributed by atoms with E-state index in [2.05, 4.69) is 58.7 Å². The van der Waals surface area contributed by atoms with Crippen molar-refractivity contribution in [2.75, 3.05) is 0 Å². The summed E-state index contributed by atoms with van der Waals surface area (Å²) < 4.78 is 0. The van der Waals surface area contributed by atoms with Crippen molar-refractivity contribution in [2.45, 2.75) is 6.42 Å². The molecular weight excluding hydrogens is 220 g/mol. The van der Waals surface area contributed by atoms with Gasteiger partial charge in [0, 0.05) is 6.20 Å². The van der Waals surface area contributed by atoms with Crippen LogP contribution in [0.1, 0.15) is 11.1 Å². The summed E-state index contributed by atoms with van der Waals surface area (Å²) in [6.07, 6.45) is 2.75. The van der Waals surface area contributed by atoms with Gasteiger partial charge in [-0.05, 0) is 29.2 Å². The van der Waals surface area contributed by atoms with Gasteiger partial charge < -0.3 is 0 Å². The molecule has 0 fully saturated rings. The Balaban J connectivity index is 1.80. The second-order valence-electron chi connectivity index (χ2n) is 4.33. The lowest BCUT2D eigenvalue weighted by Gasteiger charge is -2.03. The van der Waals surface area contributed by atoms with E-state index in [1.54, 1.807) is 6.20 Å². The van der Waals surface area contributed by atoms with Gasteiger partial charge >= 0.3 is 0 Å². The highest BCUT2D eigenvalue weighted by molar-refractivity contribution is 5.58. The van der Waals surface area contributed by atoms with Crippen LogP contribution in [0.5, 0.6) is 0 Å². The zero-order valence-corrected chi connectivity index (χ0v) is 10.0. The second kappa shape index (κ2) is 4.88. The number of hydrogen-bond donors (Lipinski definition) is 1. The number of H-pyrrole nitrogens is 1. The van der Waals surface area contributed by atoms with Crippen molar-refractivity contribution in [3.63, 3.8) is 0 Å². The predicted octanol–water partition coefficient (Wildman–Crippen LogP) is 3.67. The summed E-state index contributed by atoms with van der Waals surface area (Å²) in [5.74, 6) is 0. The van der Waals surface area contributed by atoms with E-state index in [1.165, 1.54) is 16.7 Å². The van der Waals surface area contributed by atoms with Crippen LogP contribution in [0.3, 0.4) is 0 Å². The number of nitrogens with one attached hydrogen (secondary N) is 1. The van der Waals surface area contributed by atoms with Gasteiger partial charge in [-0.25, -0.2) is 0 Å². The first kappa shape index (κ1) is 10.8. The molecule has 0 aliphatic rings. The van der Waals surface area contributed by atoms with E-state index in [-0.39, 0.29) is 0 Å². The zero-order chi connectivity index (χ0) is 12.2. The summed E-state index contributed by atoms with van der Waals surface area (Å²) >= 11 is 0. The van der Waals surface area contributed by atoms with Gasteiger partial charge in [-0.1, -0.05) is 54.6 Å². The molecule has 0 saturated heterocycles. The summed E-state index contributed by atoms with van der Waals surface area (Å²) in [4.78, 5) is 0. The molecule has 3 rings (SSSR count). The molecular formula is C16H14N2. The maximum absolute atomic E-state index is 3.96. The lowest BCUT2D eigenvalue weighted by atomic mass is 10.0. The van der Waals surface area contributed by atoms with Gasteiger partial charge in [0.15, 0.2) is 0 Å². The maximum Gasteiger partial charge on any atom is 0.0650 e. The van der Waals surface area contributed by atoms with Crippen molar-refractivity contribution in [3.05, 3.63) is 78.0 Å². The molecule has 0 aliphatic heterocycles. The molecule has 2 aromatic carbocycles. The minimum Gasteiger partial charge on any atom is -0.278 e. The molecule has 0 atom stereocenters. The van der Waals surface area contributed by atoms with Crippen LogP contribution < -0.4 is 0 Å². The number of aromatic amines is 1. The zero-order valence-electron chi connectivity index (χ0n) is 10.0. The van der Waals surface area contributed by atoms with E-state index in [9.17, 15) is 0 Å². The van der Waals surface area contributed by atoms with Crippen molar-refractivity contribution < 1.29 is 0 Å². The lowest BCUT2D eigenvalue weighted by Crippen LogP contribution is -1.87. The Hall–Kier alpha value is -2.35. The fraction of sp³-hybridized carbons (Fsp3) is 0.0625. The SMILES string of the molecule is c1ccc(Cc2ccc(-c3ccn[nH]3)cc2)cc1. The second-order valence-corrected chi connectivity index (χ2v) is 4.33. The average molecular weight is 234 g/mol. The molecule has 0 bridgehead atoms. The highest BCUT2D eigenvalue weighted by atomic mass is 15.1. The third-order valence-electron chi connectivity index (χ3n) is 3.02. The Labute approximate surface area is 106 Å². The van der Waals surface area contributed by atoms with Crippen LogP contribution >= 0.6 is 0 Å². The fourth-order valence-corrected chi connectivity index (χ4v) is 2.05. The quantitative estimate of drug-likeness (QED) is 0.736.